The van der Waals surface area contributed by atoms with Gasteiger partial charge in [0.2, 0.25) is 0 Å². The number of carbonyl (C=O) groups excluding carboxylic acids is 1. The maximum atomic E-state index is 11.9. The Kier molecular flexibility index (Phi) is 4.57. The molecule has 0 saturated heterocycles. The average Bonchev–Trinajstić information content (AvgIpc) is 2.91. The third-order valence-corrected chi connectivity index (χ3v) is 2.88. The van der Waals surface area contributed by atoms with Gasteiger partial charge in [-0.25, -0.2) is 0 Å². The van der Waals surface area contributed by atoms with Crippen LogP contribution in [0, 0.1) is 11.3 Å². The molecule has 0 fully saturated rings. The van der Waals surface area contributed by atoms with Crippen LogP contribution in [0.3, 0.4) is 0 Å². The van der Waals surface area contributed by atoms with Gasteiger partial charge in [-0.05, 0) is 37.3 Å². The summed E-state index contributed by atoms with van der Waals surface area (Å²) < 4.78 is 7.20. The van der Waals surface area contributed by atoms with Crippen molar-refractivity contribution in [2.24, 2.45) is 7.05 Å². The van der Waals surface area contributed by atoms with E-state index in [1.54, 1.807) is 35.9 Å². The fraction of sp³-hybridized carbons (Fsp3) is 0.267. The van der Waals surface area contributed by atoms with Crippen molar-refractivity contribution >= 4 is 5.91 Å². The molecule has 0 bridgehead atoms. The first-order chi connectivity index (χ1) is 10.1. The third kappa shape index (κ3) is 4.08. The molecule has 108 valence electrons. The van der Waals surface area contributed by atoms with Gasteiger partial charge in [0.05, 0.1) is 23.9 Å². The molecule has 1 aromatic carbocycles. The lowest BCUT2D eigenvalue weighted by molar-refractivity contribution is -0.127. The lowest BCUT2D eigenvalue weighted by Crippen LogP contribution is -2.36. The summed E-state index contributed by atoms with van der Waals surface area (Å²) in [5.41, 5.74) is 1.34. The van der Waals surface area contributed by atoms with Gasteiger partial charge in [0, 0.05) is 13.2 Å². The van der Waals surface area contributed by atoms with Gasteiger partial charge in [0.15, 0.2) is 6.10 Å². The average molecular weight is 284 g/mol. The first kappa shape index (κ1) is 14.6. The fourth-order valence-corrected chi connectivity index (χ4v) is 1.74. The first-order valence-corrected chi connectivity index (χ1v) is 6.51. The van der Waals surface area contributed by atoms with Crippen LogP contribution in [0.15, 0.2) is 36.5 Å². The monoisotopic (exact) mass is 284 g/mol. The van der Waals surface area contributed by atoms with Crippen molar-refractivity contribution in [1.82, 2.24) is 15.1 Å². The second kappa shape index (κ2) is 6.57. The number of nitrogens with one attached hydrogen (secondary N) is 1. The van der Waals surface area contributed by atoms with Crippen molar-refractivity contribution in [3.8, 4) is 11.8 Å². The minimum atomic E-state index is -0.623. The Morgan fingerprint density at radius 2 is 2.14 bits per heavy atom. The second-order valence-corrected chi connectivity index (χ2v) is 4.59. The van der Waals surface area contributed by atoms with Gasteiger partial charge in [-0.2, -0.15) is 10.4 Å². The SMILES string of the molecule is CC(Oc1ccc(C#N)cc1)C(=O)NCc1ccn(C)n1. The Morgan fingerprint density at radius 1 is 1.43 bits per heavy atom. The Bertz CT molecular complexity index is 655. The Morgan fingerprint density at radius 3 is 2.71 bits per heavy atom. The lowest BCUT2D eigenvalue weighted by atomic mass is 10.2. The third-order valence-electron chi connectivity index (χ3n) is 2.88. The topological polar surface area (TPSA) is 79.9 Å². The van der Waals surface area contributed by atoms with Crippen LogP contribution in [0.4, 0.5) is 0 Å². The van der Waals surface area contributed by atoms with Crippen molar-refractivity contribution in [3.05, 3.63) is 47.8 Å². The van der Waals surface area contributed by atoms with Gasteiger partial charge in [-0.1, -0.05) is 0 Å². The van der Waals surface area contributed by atoms with E-state index >= 15 is 0 Å². The molecule has 1 atom stereocenters. The summed E-state index contributed by atoms with van der Waals surface area (Å²) in [5, 5.41) is 15.7. The summed E-state index contributed by atoms with van der Waals surface area (Å²) in [7, 11) is 1.82. The van der Waals surface area contributed by atoms with E-state index in [2.05, 4.69) is 10.4 Å². The van der Waals surface area contributed by atoms with E-state index in [1.807, 2.05) is 25.4 Å². The zero-order chi connectivity index (χ0) is 15.2. The smallest absolute Gasteiger partial charge is 0.261 e. The molecule has 1 heterocycles. The molecule has 0 aliphatic carbocycles. The molecular formula is C15H16N4O2. The summed E-state index contributed by atoms with van der Waals surface area (Å²) in [4.78, 5) is 11.9. The molecule has 1 aromatic heterocycles. The highest BCUT2D eigenvalue weighted by molar-refractivity contribution is 5.80. The number of ether oxygens (including phenoxy) is 1. The summed E-state index contributed by atoms with van der Waals surface area (Å²) in [6.45, 7) is 2.03. The van der Waals surface area contributed by atoms with Gasteiger partial charge in [-0.15, -0.1) is 0 Å². The van der Waals surface area contributed by atoms with E-state index in [0.29, 0.717) is 17.9 Å². The normalized spacial score (nSPS) is 11.5. The Balaban J connectivity index is 1.85. The van der Waals surface area contributed by atoms with Crippen LogP contribution in [-0.4, -0.2) is 21.8 Å². The summed E-state index contributed by atoms with van der Waals surface area (Å²) >= 11 is 0. The van der Waals surface area contributed by atoms with E-state index < -0.39 is 6.10 Å². The maximum absolute atomic E-state index is 11.9. The van der Waals surface area contributed by atoms with Crippen molar-refractivity contribution in [2.45, 2.75) is 19.6 Å². The van der Waals surface area contributed by atoms with E-state index in [9.17, 15) is 4.79 Å². The zero-order valence-electron chi connectivity index (χ0n) is 11.9. The molecule has 1 amide bonds. The fourth-order valence-electron chi connectivity index (χ4n) is 1.74. The Hall–Kier alpha value is -2.81. The second-order valence-electron chi connectivity index (χ2n) is 4.59. The summed E-state index contributed by atoms with van der Waals surface area (Å²) in [5.74, 6) is 0.333. The highest BCUT2D eigenvalue weighted by atomic mass is 16.5. The van der Waals surface area contributed by atoms with Gasteiger partial charge in [0.1, 0.15) is 5.75 Å². The predicted octanol–water partition coefficient (Wildman–Crippen LogP) is 1.38. The molecular weight excluding hydrogens is 268 g/mol. The van der Waals surface area contributed by atoms with Crippen molar-refractivity contribution in [2.75, 3.05) is 0 Å². The number of carbonyl (C=O) groups is 1. The quantitative estimate of drug-likeness (QED) is 0.899. The minimum absolute atomic E-state index is 0.218. The molecule has 2 aromatic rings. The highest BCUT2D eigenvalue weighted by Gasteiger charge is 2.14. The van der Waals surface area contributed by atoms with Crippen molar-refractivity contribution in [3.63, 3.8) is 0 Å². The molecule has 0 radical (unpaired) electrons. The molecule has 21 heavy (non-hydrogen) atoms. The molecule has 0 aliphatic rings. The van der Waals surface area contributed by atoms with Crippen LogP contribution in [-0.2, 0) is 18.4 Å². The molecule has 6 heteroatoms. The van der Waals surface area contributed by atoms with E-state index in [4.69, 9.17) is 10.00 Å². The van der Waals surface area contributed by atoms with Crippen LogP contribution in [0.25, 0.3) is 0 Å². The van der Waals surface area contributed by atoms with Crippen LogP contribution in [0.5, 0.6) is 5.75 Å². The molecule has 0 saturated carbocycles. The lowest BCUT2D eigenvalue weighted by Gasteiger charge is -2.14. The number of benzene rings is 1. The molecule has 1 N–H and O–H groups in total. The van der Waals surface area contributed by atoms with E-state index in [0.717, 1.165) is 5.69 Å². The van der Waals surface area contributed by atoms with Crippen LogP contribution >= 0.6 is 0 Å². The molecule has 1 unspecified atom stereocenters. The number of nitrogens with zero attached hydrogens (tertiary/aromatic N) is 3. The van der Waals surface area contributed by atoms with Crippen molar-refractivity contribution < 1.29 is 9.53 Å². The number of hydrogen-bond acceptors (Lipinski definition) is 4. The van der Waals surface area contributed by atoms with Crippen LogP contribution in [0.1, 0.15) is 18.2 Å². The van der Waals surface area contributed by atoms with E-state index in [-0.39, 0.29) is 5.91 Å². The number of nitriles is 1. The Labute approximate surface area is 123 Å². The number of aromatic nitrogens is 2. The van der Waals surface area contributed by atoms with Gasteiger partial charge in [0.25, 0.3) is 5.91 Å². The number of amides is 1. The minimum Gasteiger partial charge on any atom is -0.481 e. The number of hydrogen-bond donors (Lipinski definition) is 1. The molecule has 2 rings (SSSR count). The summed E-state index contributed by atoms with van der Waals surface area (Å²) in [6.07, 6.45) is 1.19. The van der Waals surface area contributed by atoms with Gasteiger partial charge < -0.3 is 10.1 Å². The van der Waals surface area contributed by atoms with Crippen molar-refractivity contribution in [1.29, 1.82) is 5.26 Å². The van der Waals surface area contributed by atoms with Crippen LogP contribution in [0.2, 0.25) is 0 Å². The predicted molar refractivity (Wildman–Crippen MR) is 76.3 cm³/mol. The molecule has 0 aliphatic heterocycles. The first-order valence-electron chi connectivity index (χ1n) is 6.51. The summed E-state index contributed by atoms with van der Waals surface area (Å²) in [6, 6.07) is 10.5. The van der Waals surface area contributed by atoms with Gasteiger partial charge >= 0.3 is 0 Å². The highest BCUT2D eigenvalue weighted by Crippen LogP contribution is 2.13. The molecule has 0 spiro atoms. The van der Waals surface area contributed by atoms with E-state index in [1.165, 1.54) is 0 Å². The standard InChI is InChI=1S/C15H16N4O2/c1-11(21-14-5-3-12(9-16)4-6-14)15(20)17-10-13-7-8-19(2)18-13/h3-8,11H,10H2,1-2H3,(H,17,20). The largest absolute Gasteiger partial charge is 0.481 e. The van der Waals surface area contributed by atoms with Crippen LogP contribution < -0.4 is 10.1 Å². The zero-order valence-corrected chi connectivity index (χ0v) is 11.9. The number of aryl methyl sites for hydroxylation is 1. The van der Waals surface area contributed by atoms with Gasteiger partial charge in [-0.3, -0.25) is 9.48 Å². The number of rotatable bonds is 5. The maximum Gasteiger partial charge on any atom is 0.261 e. The molecule has 6 nitrogen and oxygen atoms in total.